The van der Waals surface area contributed by atoms with Crippen LogP contribution in [-0.2, 0) is 0 Å². The van der Waals surface area contributed by atoms with Gasteiger partial charge in [0, 0.05) is 17.8 Å². The number of carbonyl (C=O) groups excluding carboxylic acids is 1. The fourth-order valence-corrected chi connectivity index (χ4v) is 2.61. The number of rotatable bonds is 4. The van der Waals surface area contributed by atoms with E-state index in [-0.39, 0.29) is 5.91 Å². The van der Waals surface area contributed by atoms with Crippen LogP contribution in [0.5, 0.6) is 0 Å². The molecule has 0 atom stereocenters. The highest BCUT2D eigenvalue weighted by Gasteiger charge is 2.11. The normalized spacial score (nSPS) is 17.1. The molecule has 1 saturated carbocycles. The lowest BCUT2D eigenvalue weighted by Crippen LogP contribution is -2.15. The highest BCUT2D eigenvalue weighted by Crippen LogP contribution is 2.23. The van der Waals surface area contributed by atoms with E-state index in [1.807, 2.05) is 18.2 Å². The summed E-state index contributed by atoms with van der Waals surface area (Å²) in [7, 11) is 0. The standard InChI is InChI=1S/C15H22N2O/c16-15(18)13-8-5-9-14(10-13)17-11-12-6-3-1-2-4-7-12/h5,8-10,12,17H,1-4,6-7,11H2,(H2,16,18). The van der Waals surface area contributed by atoms with Gasteiger partial charge in [0.1, 0.15) is 0 Å². The lowest BCUT2D eigenvalue weighted by atomic mass is 10.0. The lowest BCUT2D eigenvalue weighted by molar-refractivity contribution is 0.100. The van der Waals surface area contributed by atoms with Crippen LogP contribution in [0, 0.1) is 5.92 Å². The number of benzene rings is 1. The van der Waals surface area contributed by atoms with Gasteiger partial charge in [-0.1, -0.05) is 31.7 Å². The molecular formula is C15H22N2O. The number of nitrogens with two attached hydrogens (primary N) is 1. The van der Waals surface area contributed by atoms with Gasteiger partial charge >= 0.3 is 0 Å². The topological polar surface area (TPSA) is 55.1 Å². The van der Waals surface area contributed by atoms with Crippen molar-refractivity contribution in [2.75, 3.05) is 11.9 Å². The number of amides is 1. The molecule has 1 aliphatic carbocycles. The molecule has 1 amide bonds. The number of nitrogens with one attached hydrogen (secondary N) is 1. The van der Waals surface area contributed by atoms with E-state index in [1.54, 1.807) is 6.07 Å². The monoisotopic (exact) mass is 246 g/mol. The van der Waals surface area contributed by atoms with Crippen LogP contribution < -0.4 is 11.1 Å². The molecule has 0 bridgehead atoms. The van der Waals surface area contributed by atoms with E-state index in [9.17, 15) is 4.79 Å². The highest BCUT2D eigenvalue weighted by molar-refractivity contribution is 5.93. The van der Waals surface area contributed by atoms with Crippen LogP contribution in [0.25, 0.3) is 0 Å². The van der Waals surface area contributed by atoms with Crippen molar-refractivity contribution >= 4 is 11.6 Å². The maximum atomic E-state index is 11.1. The Morgan fingerprint density at radius 1 is 1.22 bits per heavy atom. The fourth-order valence-electron chi connectivity index (χ4n) is 2.61. The van der Waals surface area contributed by atoms with Crippen molar-refractivity contribution in [2.24, 2.45) is 11.7 Å². The number of hydrogen-bond donors (Lipinski definition) is 2. The first-order valence-corrected chi connectivity index (χ1v) is 6.89. The van der Waals surface area contributed by atoms with Crippen LogP contribution in [0.1, 0.15) is 48.9 Å². The van der Waals surface area contributed by atoms with Crippen LogP contribution in [-0.4, -0.2) is 12.5 Å². The van der Waals surface area contributed by atoms with Crippen LogP contribution >= 0.6 is 0 Å². The quantitative estimate of drug-likeness (QED) is 0.802. The zero-order valence-electron chi connectivity index (χ0n) is 10.8. The minimum atomic E-state index is -0.367. The molecule has 98 valence electrons. The fraction of sp³-hybridized carbons (Fsp3) is 0.533. The Bertz CT molecular complexity index is 395. The Morgan fingerprint density at radius 2 is 1.94 bits per heavy atom. The van der Waals surface area contributed by atoms with Crippen LogP contribution in [0.3, 0.4) is 0 Å². The molecule has 1 fully saturated rings. The molecule has 0 spiro atoms. The molecule has 1 aromatic carbocycles. The highest BCUT2D eigenvalue weighted by atomic mass is 16.1. The van der Waals surface area contributed by atoms with Gasteiger partial charge in [-0.2, -0.15) is 0 Å². The van der Waals surface area contributed by atoms with Crippen LogP contribution in [0.2, 0.25) is 0 Å². The summed E-state index contributed by atoms with van der Waals surface area (Å²) in [6, 6.07) is 7.44. The van der Waals surface area contributed by atoms with Crippen molar-refractivity contribution in [1.29, 1.82) is 0 Å². The molecule has 0 aliphatic heterocycles. The Balaban J connectivity index is 1.88. The van der Waals surface area contributed by atoms with E-state index in [2.05, 4.69) is 5.32 Å². The smallest absolute Gasteiger partial charge is 0.248 e. The summed E-state index contributed by atoms with van der Waals surface area (Å²) in [5.74, 6) is 0.401. The Labute approximate surface area is 109 Å². The first kappa shape index (κ1) is 12.9. The molecule has 0 unspecified atom stereocenters. The molecule has 18 heavy (non-hydrogen) atoms. The summed E-state index contributed by atoms with van der Waals surface area (Å²) in [5.41, 5.74) is 6.84. The molecule has 1 aromatic rings. The van der Waals surface area contributed by atoms with Gasteiger partial charge in [0.2, 0.25) is 5.91 Å². The van der Waals surface area contributed by atoms with E-state index in [1.165, 1.54) is 38.5 Å². The van der Waals surface area contributed by atoms with Gasteiger partial charge in [-0.15, -0.1) is 0 Å². The summed E-state index contributed by atoms with van der Waals surface area (Å²) >= 11 is 0. The molecule has 3 heteroatoms. The van der Waals surface area contributed by atoms with E-state index in [0.717, 1.165) is 18.2 Å². The van der Waals surface area contributed by atoms with E-state index >= 15 is 0 Å². The average molecular weight is 246 g/mol. The molecule has 0 heterocycles. The number of carbonyl (C=O) groups is 1. The second kappa shape index (κ2) is 6.43. The summed E-state index contributed by atoms with van der Waals surface area (Å²) in [6.45, 7) is 1.00. The zero-order chi connectivity index (χ0) is 12.8. The molecule has 3 N–H and O–H groups in total. The molecule has 0 radical (unpaired) electrons. The summed E-state index contributed by atoms with van der Waals surface area (Å²) in [4.78, 5) is 11.1. The third-order valence-electron chi connectivity index (χ3n) is 3.72. The zero-order valence-corrected chi connectivity index (χ0v) is 10.8. The van der Waals surface area contributed by atoms with Crippen molar-refractivity contribution in [3.05, 3.63) is 29.8 Å². The van der Waals surface area contributed by atoms with Gasteiger partial charge in [-0.3, -0.25) is 4.79 Å². The molecule has 1 aliphatic rings. The predicted molar refractivity (Wildman–Crippen MR) is 74.6 cm³/mol. The average Bonchev–Trinajstić information content (AvgIpc) is 2.65. The molecule has 3 nitrogen and oxygen atoms in total. The van der Waals surface area contributed by atoms with Gasteiger partial charge in [-0.05, 0) is 37.0 Å². The SMILES string of the molecule is NC(=O)c1cccc(NCC2CCCCCC2)c1. The largest absolute Gasteiger partial charge is 0.385 e. The minimum absolute atomic E-state index is 0.367. The summed E-state index contributed by atoms with van der Waals surface area (Å²) < 4.78 is 0. The first-order chi connectivity index (χ1) is 8.75. The van der Waals surface area contributed by atoms with Gasteiger partial charge in [-0.25, -0.2) is 0 Å². The second-order valence-electron chi connectivity index (χ2n) is 5.18. The van der Waals surface area contributed by atoms with E-state index < -0.39 is 0 Å². The summed E-state index contributed by atoms with van der Waals surface area (Å²) in [5, 5.41) is 3.43. The van der Waals surface area contributed by atoms with Crippen LogP contribution in [0.15, 0.2) is 24.3 Å². The van der Waals surface area contributed by atoms with Crippen LogP contribution in [0.4, 0.5) is 5.69 Å². The van der Waals surface area contributed by atoms with Gasteiger partial charge in [0.15, 0.2) is 0 Å². The third-order valence-corrected chi connectivity index (χ3v) is 3.72. The van der Waals surface area contributed by atoms with Gasteiger partial charge in [0.25, 0.3) is 0 Å². The van der Waals surface area contributed by atoms with Crippen molar-refractivity contribution in [2.45, 2.75) is 38.5 Å². The van der Waals surface area contributed by atoms with Gasteiger partial charge < -0.3 is 11.1 Å². The Hall–Kier alpha value is -1.51. The maximum absolute atomic E-state index is 11.1. The Kier molecular flexibility index (Phi) is 4.62. The minimum Gasteiger partial charge on any atom is -0.385 e. The second-order valence-corrected chi connectivity index (χ2v) is 5.18. The van der Waals surface area contributed by atoms with Crippen molar-refractivity contribution in [3.63, 3.8) is 0 Å². The van der Waals surface area contributed by atoms with Gasteiger partial charge in [0.05, 0.1) is 0 Å². The predicted octanol–water partition coefficient (Wildman–Crippen LogP) is 3.17. The molecular weight excluding hydrogens is 224 g/mol. The van der Waals surface area contributed by atoms with Crippen molar-refractivity contribution < 1.29 is 4.79 Å². The van der Waals surface area contributed by atoms with E-state index in [0.29, 0.717) is 5.56 Å². The molecule has 0 saturated heterocycles. The van der Waals surface area contributed by atoms with Crippen molar-refractivity contribution in [3.8, 4) is 0 Å². The lowest BCUT2D eigenvalue weighted by Gasteiger charge is -2.16. The number of hydrogen-bond acceptors (Lipinski definition) is 2. The first-order valence-electron chi connectivity index (χ1n) is 6.89. The van der Waals surface area contributed by atoms with E-state index in [4.69, 9.17) is 5.73 Å². The van der Waals surface area contributed by atoms with Crippen molar-refractivity contribution in [1.82, 2.24) is 0 Å². The third kappa shape index (κ3) is 3.76. The Morgan fingerprint density at radius 3 is 2.61 bits per heavy atom. The summed E-state index contributed by atoms with van der Waals surface area (Å²) in [6.07, 6.45) is 8.12. The number of anilines is 1. The molecule has 2 rings (SSSR count). The number of primary amides is 1. The molecule has 0 aromatic heterocycles. The maximum Gasteiger partial charge on any atom is 0.248 e.